The Kier molecular flexibility index (Phi) is 11.8. The van der Waals surface area contributed by atoms with Crippen molar-refractivity contribution in [3.8, 4) is 0 Å². The molecule has 0 heterocycles. The van der Waals surface area contributed by atoms with Gasteiger partial charge in [-0.2, -0.15) is 14.1 Å². The molecule has 0 saturated heterocycles. The molecule has 96 valence electrons. The summed E-state index contributed by atoms with van der Waals surface area (Å²) in [4.78, 5) is 0. The third-order valence-corrected chi connectivity index (χ3v) is 2.50. The van der Waals surface area contributed by atoms with E-state index in [1.165, 1.54) is 5.56 Å². The first kappa shape index (κ1) is 17.4. The van der Waals surface area contributed by atoms with Crippen LogP contribution in [-0.2, 0) is 17.0 Å². The van der Waals surface area contributed by atoms with Gasteiger partial charge in [0.1, 0.15) is 0 Å². The zero-order valence-electron chi connectivity index (χ0n) is 10.4. The van der Waals surface area contributed by atoms with Crippen LogP contribution in [0.5, 0.6) is 0 Å². The predicted molar refractivity (Wildman–Crippen MR) is 73.5 cm³/mol. The van der Waals surface area contributed by atoms with Crippen LogP contribution in [0, 0.1) is 0 Å². The summed E-state index contributed by atoms with van der Waals surface area (Å²) in [5.41, 5.74) is 1.28. The average Bonchev–Trinajstić information content (AvgIpc) is 2.37. The molecular weight excluding hydrogens is 291 g/mol. The van der Waals surface area contributed by atoms with Crippen molar-refractivity contribution in [2.75, 3.05) is 14.1 Å². The van der Waals surface area contributed by atoms with Gasteiger partial charge in [0, 0.05) is 0 Å². The molecule has 0 spiro atoms. The Labute approximate surface area is 121 Å². The summed E-state index contributed by atoms with van der Waals surface area (Å²) in [5.74, 6) is 0. The summed E-state index contributed by atoms with van der Waals surface area (Å²) >= 11 is -0.556. The molecule has 0 bridgehead atoms. The second-order valence-corrected chi connectivity index (χ2v) is 6.18. The first-order valence-electron chi connectivity index (χ1n) is 5.38. The molecule has 2 atom stereocenters. The monoisotopic (exact) mass is 308 g/mol. The normalized spacial score (nSPS) is 13.2. The zero-order valence-corrected chi connectivity index (χ0v) is 13.5. The number of halogens is 2. The van der Waals surface area contributed by atoms with Crippen molar-refractivity contribution < 1.29 is 17.0 Å². The zero-order chi connectivity index (χ0) is 13.1. The molecule has 0 aliphatic heterocycles. The summed E-state index contributed by atoms with van der Waals surface area (Å²) in [6, 6.07) is 11.1. The summed E-state index contributed by atoms with van der Waals surface area (Å²) in [6.07, 6.45) is 0.997. The molecule has 0 aliphatic rings. The molecule has 2 nitrogen and oxygen atoms in total. The Bertz CT molecular complexity index is 272. The average molecular weight is 309 g/mol. The van der Waals surface area contributed by atoms with Crippen molar-refractivity contribution >= 4 is 18.6 Å². The van der Waals surface area contributed by atoms with E-state index in [1.54, 1.807) is 0 Å². The molecule has 0 N–H and O–H groups in total. The summed E-state index contributed by atoms with van der Waals surface area (Å²) in [5, 5.41) is 8.63. The van der Waals surface area contributed by atoms with Gasteiger partial charge in [-0.15, -0.1) is 12.1 Å². The van der Waals surface area contributed by atoms with Crippen LogP contribution in [0.3, 0.4) is 0 Å². The fraction of sp³-hybridized carbons (Fsp3) is 0.500. The maximum atomic E-state index is 4.89. The van der Waals surface area contributed by atoms with Gasteiger partial charge in [-0.3, -0.25) is 0 Å². The van der Waals surface area contributed by atoms with Gasteiger partial charge in [-0.1, -0.05) is 49.2 Å². The van der Waals surface area contributed by atoms with Gasteiger partial charge in [-0.05, 0) is 0 Å². The van der Waals surface area contributed by atoms with Crippen molar-refractivity contribution in [2.45, 2.75) is 25.4 Å². The Morgan fingerprint density at radius 2 is 1.65 bits per heavy atom. The molecule has 17 heavy (non-hydrogen) atoms. The Hall–Kier alpha value is 0.434. The minimum absolute atomic E-state index is 0.287. The van der Waals surface area contributed by atoms with E-state index in [4.69, 9.17) is 18.6 Å². The fourth-order valence-electron chi connectivity index (χ4n) is 1.49. The van der Waals surface area contributed by atoms with Crippen LogP contribution in [0.25, 0.3) is 10.6 Å². The van der Waals surface area contributed by atoms with E-state index in [0.29, 0.717) is 6.04 Å². The van der Waals surface area contributed by atoms with Gasteiger partial charge in [0.15, 0.2) is 0 Å². The molecule has 1 aromatic rings. The quantitative estimate of drug-likeness (QED) is 0.693. The molecule has 0 aromatic heterocycles. The summed E-state index contributed by atoms with van der Waals surface area (Å²) < 4.78 is 0. The molecule has 2 unspecified atom stereocenters. The van der Waals surface area contributed by atoms with Crippen molar-refractivity contribution in [3.63, 3.8) is 0 Å². The van der Waals surface area contributed by atoms with E-state index >= 15 is 0 Å². The maximum absolute atomic E-state index is 4.89. The van der Waals surface area contributed by atoms with Crippen molar-refractivity contribution in [2.24, 2.45) is 0 Å². The van der Waals surface area contributed by atoms with E-state index in [1.807, 2.05) is 20.2 Å². The standard InChI is InChI=1S/C12H18N2.2ClH.Ti/c1-10(13-2)9-12(14-3)11-7-5-4-6-8-11;;;/h4-8,10,12H,9H2,1-3H3;2*1H;/q-2;;;+2/p-2. The number of rotatable bonds is 5. The van der Waals surface area contributed by atoms with E-state index in [-0.39, 0.29) is 6.04 Å². The predicted octanol–water partition coefficient (Wildman–Crippen LogP) is 4.89. The number of hydrogen-bond acceptors (Lipinski definition) is 0. The minimum atomic E-state index is -0.556. The van der Waals surface area contributed by atoms with Crippen LogP contribution < -0.4 is 0 Å². The fourth-order valence-corrected chi connectivity index (χ4v) is 1.49. The van der Waals surface area contributed by atoms with Crippen molar-refractivity contribution in [1.82, 2.24) is 0 Å². The van der Waals surface area contributed by atoms with Crippen LogP contribution in [0.4, 0.5) is 0 Å². The molecule has 0 saturated carbocycles. The SMILES string of the molecule is C[N-]C(C)CC([N-]C)c1ccccc1.[Cl][Ti][Cl]. The number of benzene rings is 1. The first-order chi connectivity index (χ1) is 8.19. The van der Waals surface area contributed by atoms with Crippen LogP contribution in [0.15, 0.2) is 30.3 Å². The van der Waals surface area contributed by atoms with Gasteiger partial charge in [-0.25, -0.2) is 0 Å². The van der Waals surface area contributed by atoms with Gasteiger partial charge in [0.05, 0.1) is 0 Å². The molecular formula is C12H18Cl2N2Ti-2. The van der Waals surface area contributed by atoms with E-state index < -0.39 is 17.0 Å². The second-order valence-electron chi connectivity index (χ2n) is 3.60. The molecule has 1 aromatic carbocycles. The summed E-state index contributed by atoms with van der Waals surface area (Å²) in [6.45, 7) is 2.13. The molecule has 5 heteroatoms. The van der Waals surface area contributed by atoms with Crippen molar-refractivity contribution in [3.05, 3.63) is 46.5 Å². The molecule has 1 rings (SSSR count). The second kappa shape index (κ2) is 11.5. The van der Waals surface area contributed by atoms with E-state index in [2.05, 4.69) is 41.8 Å². The van der Waals surface area contributed by atoms with Crippen molar-refractivity contribution in [1.29, 1.82) is 0 Å². The van der Waals surface area contributed by atoms with E-state index in [9.17, 15) is 0 Å². The van der Waals surface area contributed by atoms with Crippen LogP contribution >= 0.6 is 18.6 Å². The van der Waals surface area contributed by atoms with Crippen LogP contribution in [0.2, 0.25) is 0 Å². The Balaban J connectivity index is 0.000000770. The molecule has 0 fully saturated rings. The van der Waals surface area contributed by atoms with Crippen LogP contribution in [0.1, 0.15) is 24.9 Å². The molecule has 0 amide bonds. The Morgan fingerprint density at radius 3 is 2.06 bits per heavy atom. The van der Waals surface area contributed by atoms with Crippen LogP contribution in [-0.4, -0.2) is 20.1 Å². The molecule has 0 radical (unpaired) electrons. The van der Waals surface area contributed by atoms with Gasteiger partial charge in [0.2, 0.25) is 0 Å². The van der Waals surface area contributed by atoms with E-state index in [0.717, 1.165) is 6.42 Å². The number of hydrogen-bond donors (Lipinski definition) is 0. The van der Waals surface area contributed by atoms with Gasteiger partial charge < -0.3 is 10.6 Å². The number of nitrogens with zero attached hydrogens (tertiary/aromatic N) is 2. The third kappa shape index (κ3) is 8.20. The van der Waals surface area contributed by atoms with Gasteiger partial charge in [0.25, 0.3) is 0 Å². The first-order valence-corrected chi connectivity index (χ1v) is 9.68. The topological polar surface area (TPSA) is 28.2 Å². The van der Waals surface area contributed by atoms with Gasteiger partial charge >= 0.3 is 35.6 Å². The third-order valence-electron chi connectivity index (χ3n) is 2.50. The Morgan fingerprint density at radius 1 is 1.12 bits per heavy atom. The summed E-state index contributed by atoms with van der Waals surface area (Å²) in [7, 11) is 13.5. The molecule has 0 aliphatic carbocycles.